The minimum atomic E-state index is -0.987. The lowest BCUT2D eigenvalue weighted by molar-refractivity contribution is -0.146. The van der Waals surface area contributed by atoms with E-state index in [1.54, 1.807) is 20.8 Å². The fraction of sp³-hybridized carbons (Fsp3) is 0.643. The molecule has 0 aromatic carbocycles. The first-order chi connectivity index (χ1) is 9.69. The third-order valence-electron chi connectivity index (χ3n) is 2.18. The van der Waals surface area contributed by atoms with E-state index in [-0.39, 0.29) is 19.4 Å². The first kappa shape index (κ1) is 18.9. The zero-order valence-electron chi connectivity index (χ0n) is 12.9. The van der Waals surface area contributed by atoms with Gasteiger partial charge in [-0.3, -0.25) is 4.79 Å². The molecule has 0 rings (SSSR count). The van der Waals surface area contributed by atoms with E-state index >= 15 is 0 Å². The van der Waals surface area contributed by atoms with Crippen LogP contribution in [0, 0.1) is 0 Å². The summed E-state index contributed by atoms with van der Waals surface area (Å²) in [7, 11) is 1.24. The zero-order chi connectivity index (χ0) is 16.5. The maximum Gasteiger partial charge on any atom is 0.408 e. The van der Waals surface area contributed by atoms with Gasteiger partial charge in [0.15, 0.2) is 0 Å². The van der Waals surface area contributed by atoms with Crippen LogP contribution in [0.2, 0.25) is 0 Å². The van der Waals surface area contributed by atoms with Crippen molar-refractivity contribution in [1.82, 2.24) is 5.32 Å². The van der Waals surface area contributed by atoms with E-state index in [1.165, 1.54) is 13.2 Å². The molecule has 0 bridgehead atoms. The van der Waals surface area contributed by atoms with Gasteiger partial charge in [0.25, 0.3) is 0 Å². The molecule has 7 nitrogen and oxygen atoms in total. The molecule has 0 aromatic heterocycles. The molecule has 21 heavy (non-hydrogen) atoms. The molecule has 120 valence electrons. The second-order valence-corrected chi connectivity index (χ2v) is 5.23. The normalized spacial score (nSPS) is 12.0. The minimum absolute atomic E-state index is 0.0174. The predicted molar refractivity (Wildman–Crippen MR) is 75.6 cm³/mol. The van der Waals surface area contributed by atoms with Gasteiger partial charge in [-0.2, -0.15) is 0 Å². The van der Waals surface area contributed by atoms with Gasteiger partial charge >= 0.3 is 18.0 Å². The molecule has 1 amide bonds. The Bertz CT molecular complexity index is 385. The summed E-state index contributed by atoms with van der Waals surface area (Å²) in [6.45, 7) is 8.54. The molecule has 0 heterocycles. The molecule has 1 N–H and O–H groups in total. The molecular weight excluding hydrogens is 278 g/mol. The third-order valence-corrected chi connectivity index (χ3v) is 2.18. The van der Waals surface area contributed by atoms with Crippen LogP contribution in [0.1, 0.15) is 33.6 Å². The van der Waals surface area contributed by atoms with Gasteiger partial charge in [0.05, 0.1) is 7.11 Å². The van der Waals surface area contributed by atoms with E-state index < -0.39 is 29.7 Å². The van der Waals surface area contributed by atoms with E-state index in [4.69, 9.17) is 9.47 Å². The summed E-state index contributed by atoms with van der Waals surface area (Å²) in [5, 5.41) is 2.38. The van der Waals surface area contributed by atoms with Gasteiger partial charge in [0.1, 0.15) is 18.2 Å². The van der Waals surface area contributed by atoms with Crippen molar-refractivity contribution >= 4 is 18.0 Å². The zero-order valence-corrected chi connectivity index (χ0v) is 12.9. The van der Waals surface area contributed by atoms with Gasteiger partial charge in [0, 0.05) is 6.42 Å². The van der Waals surface area contributed by atoms with Crippen molar-refractivity contribution in [1.29, 1.82) is 0 Å². The molecule has 1 unspecified atom stereocenters. The van der Waals surface area contributed by atoms with Gasteiger partial charge in [-0.25, -0.2) is 9.59 Å². The first-order valence-electron chi connectivity index (χ1n) is 6.53. The van der Waals surface area contributed by atoms with Gasteiger partial charge in [-0.05, 0) is 27.2 Å². The van der Waals surface area contributed by atoms with E-state index in [0.717, 1.165) is 0 Å². The molecule has 1 atom stereocenters. The van der Waals surface area contributed by atoms with Crippen LogP contribution in [-0.4, -0.2) is 43.4 Å². The minimum Gasteiger partial charge on any atom is -0.469 e. The number of carbonyl (C=O) groups excluding carboxylic acids is 3. The van der Waals surface area contributed by atoms with Gasteiger partial charge < -0.3 is 19.5 Å². The summed E-state index contributed by atoms with van der Waals surface area (Å²) >= 11 is 0. The van der Waals surface area contributed by atoms with E-state index in [0.29, 0.717) is 0 Å². The molecule has 0 aliphatic heterocycles. The second-order valence-electron chi connectivity index (χ2n) is 5.23. The smallest absolute Gasteiger partial charge is 0.408 e. The summed E-state index contributed by atoms with van der Waals surface area (Å²) < 4.78 is 14.4. The molecule has 0 aliphatic rings. The van der Waals surface area contributed by atoms with Crippen LogP contribution in [-0.2, 0) is 23.8 Å². The van der Waals surface area contributed by atoms with Crippen molar-refractivity contribution in [2.45, 2.75) is 45.3 Å². The summed E-state index contributed by atoms with van der Waals surface area (Å²) in [6, 6.07) is -0.987. The number of amides is 1. The molecule has 0 fully saturated rings. The van der Waals surface area contributed by atoms with Crippen LogP contribution in [0.25, 0.3) is 0 Å². The first-order valence-corrected chi connectivity index (χ1v) is 6.53. The van der Waals surface area contributed by atoms with Crippen LogP contribution in [0.15, 0.2) is 12.7 Å². The molecule has 0 saturated carbocycles. The van der Waals surface area contributed by atoms with E-state index in [2.05, 4.69) is 16.6 Å². The quantitative estimate of drug-likeness (QED) is 0.436. The number of nitrogens with one attached hydrogen (secondary N) is 1. The summed E-state index contributed by atoms with van der Waals surface area (Å²) in [6.07, 6.45) is 0.679. The fourth-order valence-electron chi connectivity index (χ4n) is 1.30. The SMILES string of the molecule is C=CCOC(=O)C(CCC(=O)OC)NC(=O)OC(C)(C)C. The largest absolute Gasteiger partial charge is 0.469 e. The third kappa shape index (κ3) is 9.48. The van der Waals surface area contributed by atoms with Gasteiger partial charge in [0.2, 0.25) is 0 Å². The number of rotatable bonds is 7. The highest BCUT2D eigenvalue weighted by Crippen LogP contribution is 2.08. The Hall–Kier alpha value is -2.05. The molecular formula is C14H23NO6. The Morgan fingerprint density at radius 2 is 1.90 bits per heavy atom. The second kappa shape index (κ2) is 8.99. The number of methoxy groups -OCH3 is 1. The Kier molecular flexibility index (Phi) is 8.11. The average molecular weight is 301 g/mol. The summed E-state index contributed by atoms with van der Waals surface area (Å²) in [5.74, 6) is -1.15. The lowest BCUT2D eigenvalue weighted by atomic mass is 10.1. The fourth-order valence-corrected chi connectivity index (χ4v) is 1.30. The van der Waals surface area contributed by atoms with Crippen molar-refractivity contribution in [2.75, 3.05) is 13.7 Å². The van der Waals surface area contributed by atoms with Crippen LogP contribution in [0.3, 0.4) is 0 Å². The van der Waals surface area contributed by atoms with Crippen molar-refractivity contribution in [2.24, 2.45) is 0 Å². The lowest BCUT2D eigenvalue weighted by Gasteiger charge is -2.22. The van der Waals surface area contributed by atoms with Crippen molar-refractivity contribution in [3.8, 4) is 0 Å². The van der Waals surface area contributed by atoms with Crippen LogP contribution in [0.5, 0.6) is 0 Å². The Labute approximate surface area is 124 Å². The number of hydrogen-bond donors (Lipinski definition) is 1. The van der Waals surface area contributed by atoms with Crippen molar-refractivity contribution < 1.29 is 28.6 Å². The topological polar surface area (TPSA) is 90.9 Å². The van der Waals surface area contributed by atoms with Crippen molar-refractivity contribution in [3.05, 3.63) is 12.7 Å². The van der Waals surface area contributed by atoms with Crippen molar-refractivity contribution in [3.63, 3.8) is 0 Å². The number of esters is 2. The highest BCUT2D eigenvalue weighted by atomic mass is 16.6. The molecule has 7 heteroatoms. The molecule has 0 saturated heterocycles. The number of hydrogen-bond acceptors (Lipinski definition) is 6. The number of carbonyl (C=O) groups is 3. The average Bonchev–Trinajstić information content (AvgIpc) is 2.38. The molecule has 0 spiro atoms. The van der Waals surface area contributed by atoms with Crippen LogP contribution >= 0.6 is 0 Å². The van der Waals surface area contributed by atoms with E-state index in [1.807, 2.05) is 0 Å². The maximum absolute atomic E-state index is 11.8. The molecule has 0 aliphatic carbocycles. The highest BCUT2D eigenvalue weighted by molar-refractivity contribution is 5.82. The summed E-state index contributed by atoms with van der Waals surface area (Å²) in [4.78, 5) is 34.6. The monoisotopic (exact) mass is 301 g/mol. The predicted octanol–water partition coefficient (Wildman–Crippen LogP) is 1.56. The maximum atomic E-state index is 11.8. The van der Waals surface area contributed by atoms with Crippen LogP contribution < -0.4 is 5.32 Å². The van der Waals surface area contributed by atoms with Crippen LogP contribution in [0.4, 0.5) is 4.79 Å². The molecule has 0 aromatic rings. The lowest BCUT2D eigenvalue weighted by Crippen LogP contribution is -2.44. The Morgan fingerprint density at radius 1 is 1.29 bits per heavy atom. The van der Waals surface area contributed by atoms with Gasteiger partial charge in [-0.15, -0.1) is 0 Å². The Balaban J connectivity index is 4.63. The highest BCUT2D eigenvalue weighted by Gasteiger charge is 2.26. The summed E-state index contributed by atoms with van der Waals surface area (Å²) in [5.41, 5.74) is -0.692. The number of alkyl carbamates (subject to hydrolysis) is 1. The Morgan fingerprint density at radius 3 is 2.38 bits per heavy atom. The molecule has 0 radical (unpaired) electrons. The van der Waals surface area contributed by atoms with E-state index in [9.17, 15) is 14.4 Å². The van der Waals surface area contributed by atoms with Gasteiger partial charge in [-0.1, -0.05) is 12.7 Å². The number of ether oxygens (including phenoxy) is 3. The standard InChI is InChI=1S/C14H23NO6/c1-6-9-20-12(17)10(7-8-11(16)19-5)15-13(18)21-14(2,3)4/h6,10H,1,7-9H2,2-5H3,(H,15,18).